The molecule has 2 heterocycles. The van der Waals surface area contributed by atoms with Crippen molar-refractivity contribution >= 4 is 23.4 Å². The van der Waals surface area contributed by atoms with E-state index in [0.717, 1.165) is 0 Å². The normalized spacial score (nSPS) is 20.0. The van der Waals surface area contributed by atoms with Crippen molar-refractivity contribution < 1.29 is 19.2 Å². The Balaban J connectivity index is 1.78. The van der Waals surface area contributed by atoms with Crippen LogP contribution in [0.4, 0.5) is 0 Å². The predicted molar refractivity (Wildman–Crippen MR) is 97.0 cm³/mol. The second-order valence-electron chi connectivity index (χ2n) is 7.12. The Morgan fingerprint density at radius 2 is 2.15 bits per heavy atom. The average Bonchev–Trinajstić information content (AvgIpc) is 3.21. The number of likely N-dealkylation sites (tertiary alicyclic amines) is 1. The first kappa shape index (κ1) is 19.3. The predicted octanol–water partition coefficient (Wildman–Crippen LogP) is 2.04. The Labute approximate surface area is 161 Å². The van der Waals surface area contributed by atoms with Crippen LogP contribution in [0.1, 0.15) is 55.3 Å². The molecule has 2 aromatic rings. The molecule has 144 valence electrons. The summed E-state index contributed by atoms with van der Waals surface area (Å²) in [5.41, 5.74) is -0.500. The second-order valence-corrected chi connectivity index (χ2v) is 7.56. The van der Waals surface area contributed by atoms with E-state index in [4.69, 9.17) is 16.1 Å². The first-order valence-corrected chi connectivity index (χ1v) is 8.92. The molecule has 2 N–H and O–H groups in total. The van der Waals surface area contributed by atoms with Gasteiger partial charge >= 0.3 is 0 Å². The van der Waals surface area contributed by atoms with Crippen LogP contribution in [-0.4, -0.2) is 44.6 Å². The van der Waals surface area contributed by atoms with Gasteiger partial charge < -0.3 is 19.8 Å². The van der Waals surface area contributed by atoms with Crippen molar-refractivity contribution in [3.8, 4) is 0 Å². The minimum atomic E-state index is -0.917. The maximum Gasteiger partial charge on any atom is 0.252 e. The first-order valence-electron chi connectivity index (χ1n) is 8.55. The number of benzene rings is 1. The van der Waals surface area contributed by atoms with Gasteiger partial charge in [0, 0.05) is 30.5 Å². The van der Waals surface area contributed by atoms with Crippen LogP contribution in [0.5, 0.6) is 0 Å². The van der Waals surface area contributed by atoms with Crippen LogP contribution in [0.15, 0.2) is 28.8 Å². The summed E-state index contributed by atoms with van der Waals surface area (Å²) < 4.78 is 5.33. The van der Waals surface area contributed by atoms with Gasteiger partial charge in [-0.25, -0.2) is 0 Å². The Morgan fingerprint density at radius 3 is 2.81 bits per heavy atom. The number of nitrogens with one attached hydrogen (secondary N) is 1. The van der Waals surface area contributed by atoms with E-state index in [9.17, 15) is 14.7 Å². The minimum absolute atomic E-state index is 0.176. The maximum absolute atomic E-state index is 12.5. The van der Waals surface area contributed by atoms with Gasteiger partial charge in [-0.05, 0) is 32.0 Å². The third-order valence-corrected chi connectivity index (χ3v) is 4.72. The molecule has 0 bridgehead atoms. The van der Waals surface area contributed by atoms with Gasteiger partial charge in [0.05, 0.1) is 11.6 Å². The number of β-amino-alcohol motifs (C(OH)–C–C–N with tert-alkyl or cyclic N) is 1. The summed E-state index contributed by atoms with van der Waals surface area (Å²) in [5.74, 6) is 0.0138. The maximum atomic E-state index is 12.5. The van der Waals surface area contributed by atoms with E-state index in [-0.39, 0.29) is 30.1 Å². The Bertz CT molecular complexity index is 867. The molecule has 0 unspecified atom stereocenters. The lowest BCUT2D eigenvalue weighted by Gasteiger charge is -2.22. The molecule has 1 aliphatic rings. The van der Waals surface area contributed by atoms with Crippen LogP contribution in [-0.2, 0) is 10.3 Å². The van der Waals surface area contributed by atoms with Crippen LogP contribution < -0.4 is 5.32 Å². The molecule has 0 spiro atoms. The van der Waals surface area contributed by atoms with Crippen LogP contribution >= 0.6 is 11.6 Å². The van der Waals surface area contributed by atoms with Gasteiger partial charge in [-0.3, -0.25) is 9.59 Å². The van der Waals surface area contributed by atoms with Crippen molar-refractivity contribution in [2.45, 2.75) is 44.9 Å². The number of rotatable bonds is 4. The fourth-order valence-electron chi connectivity index (χ4n) is 3.06. The Hall–Kier alpha value is -2.45. The molecule has 2 amide bonds. The smallest absolute Gasteiger partial charge is 0.252 e. The fourth-order valence-corrected chi connectivity index (χ4v) is 3.25. The molecule has 0 radical (unpaired) electrons. The lowest BCUT2D eigenvalue weighted by molar-refractivity contribution is -0.130. The van der Waals surface area contributed by atoms with Crippen molar-refractivity contribution in [3.05, 3.63) is 46.6 Å². The van der Waals surface area contributed by atoms with Gasteiger partial charge in [-0.15, -0.1) is 0 Å². The van der Waals surface area contributed by atoms with Gasteiger partial charge in [0.2, 0.25) is 11.8 Å². The number of nitrogens with zero attached hydrogens (tertiary/aromatic N) is 3. The number of hydrogen-bond acceptors (Lipinski definition) is 6. The SMILES string of the molecule is CC(=O)N1C[C@@H](O)C[C@@H]1c1nc(C(C)(C)NC(=O)c2cccc(Cl)c2)no1. The number of aromatic nitrogens is 2. The molecule has 1 fully saturated rings. The standard InChI is InChI=1S/C18H21ClN4O4/c1-10(24)23-9-13(25)8-14(23)16-20-17(22-27-16)18(2,3)21-15(26)11-5-4-6-12(19)7-11/h4-7,13-14,25H,8-9H2,1-3H3,(H,21,26)/t13-,14+/m0/s1. The molecule has 0 aliphatic carbocycles. The van der Waals surface area contributed by atoms with E-state index in [2.05, 4.69) is 15.5 Å². The zero-order valence-electron chi connectivity index (χ0n) is 15.3. The number of carbonyl (C=O) groups is 2. The third kappa shape index (κ3) is 4.12. The zero-order valence-corrected chi connectivity index (χ0v) is 16.0. The Kier molecular flexibility index (Phi) is 5.21. The van der Waals surface area contributed by atoms with Crippen LogP contribution in [0.25, 0.3) is 0 Å². The zero-order chi connectivity index (χ0) is 19.8. The lowest BCUT2D eigenvalue weighted by Crippen LogP contribution is -2.42. The summed E-state index contributed by atoms with van der Waals surface area (Å²) in [6, 6.07) is 6.13. The molecule has 9 heteroatoms. The van der Waals surface area contributed by atoms with Crippen LogP contribution in [0.2, 0.25) is 5.02 Å². The highest BCUT2D eigenvalue weighted by Crippen LogP contribution is 2.32. The van der Waals surface area contributed by atoms with Crippen molar-refractivity contribution in [3.63, 3.8) is 0 Å². The number of aliphatic hydroxyl groups is 1. The molecule has 8 nitrogen and oxygen atoms in total. The molecule has 1 aromatic carbocycles. The largest absolute Gasteiger partial charge is 0.391 e. The molecule has 1 aromatic heterocycles. The van der Waals surface area contributed by atoms with E-state index >= 15 is 0 Å². The summed E-state index contributed by atoms with van der Waals surface area (Å²) in [7, 11) is 0. The van der Waals surface area contributed by atoms with Crippen molar-refractivity contribution in [2.24, 2.45) is 0 Å². The van der Waals surface area contributed by atoms with E-state index in [0.29, 0.717) is 17.0 Å². The fraction of sp³-hybridized carbons (Fsp3) is 0.444. The molecule has 27 heavy (non-hydrogen) atoms. The van der Waals surface area contributed by atoms with E-state index in [1.807, 2.05) is 0 Å². The van der Waals surface area contributed by atoms with Gasteiger partial charge in [0.15, 0.2) is 5.82 Å². The second kappa shape index (κ2) is 7.28. The number of halogens is 1. The average molecular weight is 393 g/mol. The summed E-state index contributed by atoms with van der Waals surface area (Å²) in [4.78, 5) is 30.1. The van der Waals surface area contributed by atoms with Gasteiger partial charge in [-0.1, -0.05) is 22.8 Å². The topological polar surface area (TPSA) is 109 Å². The number of amides is 2. The molecular formula is C18H21ClN4O4. The van der Waals surface area contributed by atoms with Crippen molar-refractivity contribution in [1.29, 1.82) is 0 Å². The van der Waals surface area contributed by atoms with Crippen LogP contribution in [0, 0.1) is 0 Å². The first-order chi connectivity index (χ1) is 12.7. The summed E-state index contributed by atoms with van der Waals surface area (Å²) in [5, 5.41) is 17.1. The van der Waals surface area contributed by atoms with E-state index in [1.54, 1.807) is 38.1 Å². The quantitative estimate of drug-likeness (QED) is 0.824. The minimum Gasteiger partial charge on any atom is -0.391 e. The van der Waals surface area contributed by atoms with Crippen molar-refractivity contribution in [2.75, 3.05) is 6.54 Å². The van der Waals surface area contributed by atoms with Crippen LogP contribution in [0.3, 0.4) is 0 Å². The number of aliphatic hydroxyl groups excluding tert-OH is 1. The van der Waals surface area contributed by atoms with Gasteiger partial charge in [-0.2, -0.15) is 4.98 Å². The molecule has 0 saturated carbocycles. The number of carbonyl (C=O) groups excluding carboxylic acids is 2. The molecule has 2 atom stereocenters. The van der Waals surface area contributed by atoms with Gasteiger partial charge in [0.1, 0.15) is 6.04 Å². The monoisotopic (exact) mass is 392 g/mol. The highest BCUT2D eigenvalue weighted by molar-refractivity contribution is 6.30. The molecular weight excluding hydrogens is 372 g/mol. The molecule has 3 rings (SSSR count). The lowest BCUT2D eigenvalue weighted by atomic mass is 10.0. The Morgan fingerprint density at radius 1 is 1.41 bits per heavy atom. The highest BCUT2D eigenvalue weighted by Gasteiger charge is 2.39. The summed E-state index contributed by atoms with van der Waals surface area (Å²) in [6.07, 6.45) is -0.305. The van der Waals surface area contributed by atoms with Crippen molar-refractivity contribution in [1.82, 2.24) is 20.4 Å². The summed E-state index contributed by atoms with van der Waals surface area (Å²) >= 11 is 5.93. The van der Waals surface area contributed by atoms with Gasteiger partial charge in [0.25, 0.3) is 5.91 Å². The number of hydrogen-bond donors (Lipinski definition) is 2. The highest BCUT2D eigenvalue weighted by atomic mass is 35.5. The molecule has 1 saturated heterocycles. The van der Waals surface area contributed by atoms with E-state index < -0.39 is 17.7 Å². The third-order valence-electron chi connectivity index (χ3n) is 4.48. The van der Waals surface area contributed by atoms with E-state index in [1.165, 1.54) is 11.8 Å². The molecule has 1 aliphatic heterocycles. The summed E-state index contributed by atoms with van der Waals surface area (Å²) in [6.45, 7) is 5.15.